The molecule has 1 saturated heterocycles. The van der Waals surface area contributed by atoms with Gasteiger partial charge in [0.15, 0.2) is 0 Å². The molecular weight excluding hydrogens is 408 g/mol. The molecule has 6 unspecified atom stereocenters. The Bertz CT molecular complexity index is 979. The zero-order valence-electron chi connectivity index (χ0n) is 20.3. The summed E-state index contributed by atoms with van der Waals surface area (Å²) in [6.45, 7) is 6.57. The number of likely N-dealkylation sites (tertiary alicyclic amines) is 1. The van der Waals surface area contributed by atoms with E-state index in [1.54, 1.807) is 58.0 Å². The quantitative estimate of drug-likeness (QED) is 0.392. The zero-order valence-corrected chi connectivity index (χ0v) is 20.3. The number of allylic oxidation sites excluding steroid dienone is 3. The van der Waals surface area contributed by atoms with E-state index >= 15 is 0 Å². The van der Waals surface area contributed by atoms with Crippen LogP contribution in [0, 0.1) is 45.3 Å². The number of hydrogen-bond acceptors (Lipinski definition) is 5. The summed E-state index contributed by atoms with van der Waals surface area (Å²) in [4.78, 5) is 11.4. The van der Waals surface area contributed by atoms with Gasteiger partial charge in [-0.05, 0) is 117 Å². The van der Waals surface area contributed by atoms with Crippen LogP contribution >= 0.6 is 0 Å². The number of nitrogens with one attached hydrogen (secondary N) is 1. The van der Waals surface area contributed by atoms with Crippen LogP contribution in [-0.2, 0) is 0 Å². The first-order valence-electron chi connectivity index (χ1n) is 13.0. The average Bonchev–Trinajstić information content (AvgIpc) is 3.63. The summed E-state index contributed by atoms with van der Waals surface area (Å²) in [7, 11) is 1.67. The van der Waals surface area contributed by atoms with E-state index in [1.165, 1.54) is 38.9 Å². The maximum absolute atomic E-state index is 8.18. The molecule has 1 aliphatic heterocycles. The highest BCUT2D eigenvalue weighted by molar-refractivity contribution is 6.21. The molecule has 0 amide bonds. The van der Waals surface area contributed by atoms with Crippen molar-refractivity contribution in [2.24, 2.45) is 61.4 Å². The topological polar surface area (TPSA) is 104 Å². The summed E-state index contributed by atoms with van der Waals surface area (Å²) in [6.07, 6.45) is 15.3. The number of nitrogens with zero attached hydrogens (tertiary/aromatic N) is 3. The van der Waals surface area contributed by atoms with E-state index in [1.807, 2.05) is 0 Å². The van der Waals surface area contributed by atoms with E-state index in [0.717, 1.165) is 35.1 Å². The molecule has 178 valence electrons. The van der Waals surface area contributed by atoms with Crippen molar-refractivity contribution >= 4 is 17.8 Å². The van der Waals surface area contributed by atoms with E-state index in [9.17, 15) is 0 Å². The molecule has 0 bridgehead atoms. The van der Waals surface area contributed by atoms with Crippen molar-refractivity contribution in [1.82, 2.24) is 4.90 Å². The Morgan fingerprint density at radius 2 is 1.88 bits per heavy atom. The van der Waals surface area contributed by atoms with Crippen LogP contribution in [0.25, 0.3) is 0 Å². The van der Waals surface area contributed by atoms with Gasteiger partial charge in [-0.3, -0.25) is 9.98 Å². The Morgan fingerprint density at radius 1 is 1.09 bits per heavy atom. The molecule has 6 atom stereocenters. The Kier molecular flexibility index (Phi) is 4.75. The number of amidine groups is 1. The highest BCUT2D eigenvalue weighted by atomic mass is 15.2. The fourth-order valence-corrected chi connectivity index (χ4v) is 9.01. The maximum atomic E-state index is 8.18. The molecule has 5 saturated carbocycles. The first-order chi connectivity index (χ1) is 15.8. The summed E-state index contributed by atoms with van der Waals surface area (Å²) in [5, 5.41) is 8.18. The van der Waals surface area contributed by atoms with Gasteiger partial charge >= 0.3 is 0 Å². The minimum atomic E-state index is 0.304. The third-order valence-corrected chi connectivity index (χ3v) is 10.6. The maximum Gasteiger partial charge on any atom is 0.118 e. The van der Waals surface area contributed by atoms with Gasteiger partial charge in [0.25, 0.3) is 0 Å². The van der Waals surface area contributed by atoms with Crippen LogP contribution in [0.1, 0.15) is 51.9 Å². The lowest BCUT2D eigenvalue weighted by molar-refractivity contribution is -0.162. The van der Waals surface area contributed by atoms with Crippen molar-refractivity contribution < 1.29 is 0 Å². The van der Waals surface area contributed by atoms with E-state index < -0.39 is 0 Å². The molecule has 6 nitrogen and oxygen atoms in total. The summed E-state index contributed by atoms with van der Waals surface area (Å²) < 4.78 is 0. The van der Waals surface area contributed by atoms with Gasteiger partial charge in [-0.2, -0.15) is 0 Å². The minimum absolute atomic E-state index is 0.304. The van der Waals surface area contributed by atoms with Gasteiger partial charge in [0.05, 0.1) is 5.71 Å². The van der Waals surface area contributed by atoms with Gasteiger partial charge in [0, 0.05) is 37.6 Å². The van der Waals surface area contributed by atoms with Crippen LogP contribution in [0.2, 0.25) is 0 Å². The smallest absolute Gasteiger partial charge is 0.118 e. The van der Waals surface area contributed by atoms with Crippen molar-refractivity contribution in [2.75, 3.05) is 33.2 Å². The van der Waals surface area contributed by atoms with Crippen LogP contribution in [-0.4, -0.2) is 55.9 Å². The second-order valence-corrected chi connectivity index (χ2v) is 12.4. The van der Waals surface area contributed by atoms with E-state index in [2.05, 4.69) is 14.9 Å². The molecule has 6 fully saturated rings. The molecule has 6 aliphatic rings. The number of rotatable bonds is 8. The predicted octanol–water partition coefficient (Wildman–Crippen LogP) is 3.39. The van der Waals surface area contributed by atoms with Crippen molar-refractivity contribution in [3.63, 3.8) is 0 Å². The minimum Gasteiger partial charge on any atom is -0.402 e. The van der Waals surface area contributed by atoms with Gasteiger partial charge in [-0.25, -0.2) is 0 Å². The van der Waals surface area contributed by atoms with Crippen molar-refractivity contribution in [2.45, 2.75) is 51.9 Å². The highest BCUT2D eigenvalue weighted by Gasteiger charge is 2.83. The average molecular weight is 449 g/mol. The van der Waals surface area contributed by atoms with Crippen LogP contribution < -0.4 is 11.5 Å². The first-order valence-corrected chi connectivity index (χ1v) is 13.0. The molecule has 2 spiro atoms. The van der Waals surface area contributed by atoms with Gasteiger partial charge in [0.1, 0.15) is 5.84 Å². The van der Waals surface area contributed by atoms with E-state index in [-0.39, 0.29) is 0 Å². The van der Waals surface area contributed by atoms with Crippen molar-refractivity contribution in [1.29, 1.82) is 5.41 Å². The normalized spacial score (nSPS) is 43.2. The van der Waals surface area contributed by atoms with Gasteiger partial charge < -0.3 is 21.8 Å². The van der Waals surface area contributed by atoms with Crippen molar-refractivity contribution in [3.8, 4) is 0 Å². The SMILES string of the molecule is CN=CC(C(=N)/C=C\C(N)=NCC1CC12CCN(CC13CC4CC5(CC5C1)C43)CC2)=C(C)N. The van der Waals surface area contributed by atoms with E-state index in [0.29, 0.717) is 34.2 Å². The Labute approximate surface area is 198 Å². The number of nitrogens with two attached hydrogens (primary N) is 2. The van der Waals surface area contributed by atoms with E-state index in [4.69, 9.17) is 16.9 Å². The molecule has 6 heteroatoms. The molecule has 33 heavy (non-hydrogen) atoms. The zero-order chi connectivity index (χ0) is 23.0. The number of aliphatic imine (C=N–C) groups is 2. The monoisotopic (exact) mass is 448 g/mol. The second kappa shape index (κ2) is 7.27. The Morgan fingerprint density at radius 3 is 2.58 bits per heavy atom. The molecule has 6 rings (SSSR count). The second-order valence-electron chi connectivity index (χ2n) is 12.4. The number of piperidine rings is 1. The molecular formula is C27H40N6. The molecule has 0 aromatic carbocycles. The summed E-state index contributed by atoms with van der Waals surface area (Å²) in [6, 6.07) is 0. The number of hydrogen-bond donors (Lipinski definition) is 3. The van der Waals surface area contributed by atoms with Gasteiger partial charge in [-0.1, -0.05) is 0 Å². The third kappa shape index (κ3) is 3.27. The van der Waals surface area contributed by atoms with Crippen molar-refractivity contribution in [3.05, 3.63) is 23.4 Å². The Hall–Kier alpha value is -1.95. The largest absolute Gasteiger partial charge is 0.402 e. The standard InChI is InChI=1S/C27H40N6/c1-17(28)21(15-31-2)22(29)3-4-23(30)32-14-20-12-25(20)5-7-33(8-6-25)16-26-9-18-10-27(24(18)26)13-19(27)11-26/h3-4,15,18-20,24,29H,5-14,16,28H2,1-2H3,(H2,30,32)/b4-3-,21-17?,29-22?,31-15?. The molecule has 0 aromatic rings. The molecule has 1 heterocycles. The summed E-state index contributed by atoms with van der Waals surface area (Å²) >= 11 is 0. The summed E-state index contributed by atoms with van der Waals surface area (Å²) in [5.41, 5.74) is 15.6. The molecule has 5 N–H and O–H groups in total. The fraction of sp³-hybridized carbons (Fsp3) is 0.741. The fourth-order valence-electron chi connectivity index (χ4n) is 9.01. The molecule has 5 aliphatic carbocycles. The first kappa shape index (κ1) is 21.6. The van der Waals surface area contributed by atoms with Gasteiger partial charge in [-0.15, -0.1) is 0 Å². The third-order valence-electron chi connectivity index (χ3n) is 10.6. The lowest BCUT2D eigenvalue weighted by Crippen LogP contribution is -2.61. The van der Waals surface area contributed by atoms with Crippen LogP contribution in [0.15, 0.2) is 33.4 Å². The van der Waals surface area contributed by atoms with Gasteiger partial charge in [0.2, 0.25) is 0 Å². The predicted molar refractivity (Wildman–Crippen MR) is 135 cm³/mol. The molecule has 0 aromatic heterocycles. The molecule has 0 radical (unpaired) electrons. The van der Waals surface area contributed by atoms with Crippen LogP contribution in [0.4, 0.5) is 0 Å². The lowest BCUT2D eigenvalue weighted by Gasteiger charge is -2.65. The Balaban J connectivity index is 0.970. The summed E-state index contributed by atoms with van der Waals surface area (Å²) in [5.74, 6) is 4.54. The lowest BCUT2D eigenvalue weighted by atomic mass is 9.41. The van der Waals surface area contributed by atoms with Crippen LogP contribution in [0.3, 0.4) is 0 Å². The highest BCUT2D eigenvalue weighted by Crippen LogP contribution is 2.89. The van der Waals surface area contributed by atoms with Crippen LogP contribution in [0.5, 0.6) is 0 Å².